The van der Waals surface area contributed by atoms with Gasteiger partial charge in [-0.3, -0.25) is 4.79 Å². The standard InChI is InChI=1S/C20H20BrN3O2/c1-14-8-9-17(16(21)12-14)26-13-18(25)23-19(15-6-4-3-5-7-15)20-22-10-11-24(20)2/h3-12,19H,13H2,1-2H3,(H,23,25)/t19-/m0/s1. The van der Waals surface area contributed by atoms with E-state index in [4.69, 9.17) is 4.74 Å². The normalized spacial score (nSPS) is 11.8. The van der Waals surface area contributed by atoms with Crippen LogP contribution in [0.15, 0.2) is 65.4 Å². The van der Waals surface area contributed by atoms with Gasteiger partial charge in [-0.1, -0.05) is 36.4 Å². The number of imidazole rings is 1. The van der Waals surface area contributed by atoms with Crippen molar-refractivity contribution in [1.82, 2.24) is 14.9 Å². The summed E-state index contributed by atoms with van der Waals surface area (Å²) in [5.74, 6) is 1.19. The molecule has 3 rings (SSSR count). The summed E-state index contributed by atoms with van der Waals surface area (Å²) in [6.45, 7) is 1.92. The zero-order valence-corrected chi connectivity index (χ0v) is 16.2. The smallest absolute Gasteiger partial charge is 0.258 e. The second-order valence-corrected chi connectivity index (χ2v) is 6.88. The molecule has 0 saturated heterocycles. The minimum absolute atomic E-state index is 0.0740. The fraction of sp³-hybridized carbons (Fsp3) is 0.200. The molecular weight excluding hydrogens is 394 g/mol. The van der Waals surface area contributed by atoms with Crippen LogP contribution in [0.1, 0.15) is 23.0 Å². The van der Waals surface area contributed by atoms with Gasteiger partial charge in [0, 0.05) is 19.4 Å². The van der Waals surface area contributed by atoms with Crippen LogP contribution in [0.25, 0.3) is 0 Å². The molecule has 0 aliphatic carbocycles. The average Bonchev–Trinajstić information content (AvgIpc) is 3.05. The Balaban J connectivity index is 1.72. The maximum Gasteiger partial charge on any atom is 0.258 e. The van der Waals surface area contributed by atoms with Crippen LogP contribution in [0.2, 0.25) is 0 Å². The number of aryl methyl sites for hydroxylation is 2. The first-order chi connectivity index (χ1) is 12.5. The van der Waals surface area contributed by atoms with Crippen LogP contribution in [0, 0.1) is 6.92 Å². The number of nitrogens with one attached hydrogen (secondary N) is 1. The third-order valence-corrected chi connectivity index (χ3v) is 4.62. The summed E-state index contributed by atoms with van der Waals surface area (Å²) < 4.78 is 8.38. The molecule has 1 heterocycles. The largest absolute Gasteiger partial charge is 0.483 e. The highest BCUT2D eigenvalue weighted by molar-refractivity contribution is 9.10. The van der Waals surface area contributed by atoms with Crippen molar-refractivity contribution >= 4 is 21.8 Å². The minimum Gasteiger partial charge on any atom is -0.483 e. The number of halogens is 1. The highest BCUT2D eigenvalue weighted by Crippen LogP contribution is 2.26. The SMILES string of the molecule is Cc1ccc(OCC(=O)N[C@@H](c2ccccc2)c2nccn2C)c(Br)c1. The Hall–Kier alpha value is -2.60. The molecule has 6 heteroatoms. The molecule has 0 unspecified atom stereocenters. The van der Waals surface area contributed by atoms with E-state index in [0.29, 0.717) is 5.75 Å². The molecule has 0 aliphatic heterocycles. The fourth-order valence-electron chi connectivity index (χ4n) is 2.67. The average molecular weight is 414 g/mol. The van der Waals surface area contributed by atoms with Crippen molar-refractivity contribution in [2.45, 2.75) is 13.0 Å². The molecule has 0 saturated carbocycles. The van der Waals surface area contributed by atoms with Gasteiger partial charge in [0.2, 0.25) is 0 Å². The summed E-state index contributed by atoms with van der Waals surface area (Å²) in [6.07, 6.45) is 3.58. The zero-order valence-electron chi connectivity index (χ0n) is 14.6. The van der Waals surface area contributed by atoms with E-state index in [0.717, 1.165) is 21.4 Å². The Bertz CT molecular complexity index is 893. The van der Waals surface area contributed by atoms with Crippen LogP contribution in [0.3, 0.4) is 0 Å². The van der Waals surface area contributed by atoms with Crippen molar-refractivity contribution in [3.05, 3.63) is 82.3 Å². The highest BCUT2D eigenvalue weighted by Gasteiger charge is 2.20. The van der Waals surface area contributed by atoms with Gasteiger partial charge in [-0.2, -0.15) is 0 Å². The van der Waals surface area contributed by atoms with E-state index < -0.39 is 0 Å². The summed E-state index contributed by atoms with van der Waals surface area (Å²) in [4.78, 5) is 16.9. The molecular formula is C20H20BrN3O2. The van der Waals surface area contributed by atoms with Crippen molar-refractivity contribution in [3.63, 3.8) is 0 Å². The molecule has 26 heavy (non-hydrogen) atoms. The van der Waals surface area contributed by atoms with Crippen molar-refractivity contribution in [2.75, 3.05) is 6.61 Å². The van der Waals surface area contributed by atoms with Gasteiger partial charge in [-0.05, 0) is 46.1 Å². The molecule has 3 aromatic rings. The Kier molecular flexibility index (Phi) is 5.73. The maximum atomic E-state index is 12.5. The molecule has 0 bridgehead atoms. The number of ether oxygens (including phenoxy) is 1. The first-order valence-electron chi connectivity index (χ1n) is 8.25. The Morgan fingerprint density at radius 3 is 2.69 bits per heavy atom. The molecule has 5 nitrogen and oxygen atoms in total. The van der Waals surface area contributed by atoms with Gasteiger partial charge >= 0.3 is 0 Å². The van der Waals surface area contributed by atoms with E-state index in [1.54, 1.807) is 6.20 Å². The Labute approximate surface area is 161 Å². The van der Waals surface area contributed by atoms with Crippen LogP contribution in [0.5, 0.6) is 5.75 Å². The van der Waals surface area contributed by atoms with Gasteiger partial charge in [0.25, 0.3) is 5.91 Å². The molecule has 1 N–H and O–H groups in total. The molecule has 1 aromatic heterocycles. The van der Waals surface area contributed by atoms with E-state index in [-0.39, 0.29) is 18.6 Å². The summed E-state index contributed by atoms with van der Waals surface area (Å²) >= 11 is 3.46. The van der Waals surface area contributed by atoms with Gasteiger partial charge in [-0.25, -0.2) is 4.98 Å². The number of rotatable bonds is 6. The number of amides is 1. The number of carbonyl (C=O) groups excluding carboxylic acids is 1. The summed E-state index contributed by atoms with van der Waals surface area (Å²) in [5, 5.41) is 3.02. The molecule has 1 atom stereocenters. The Morgan fingerprint density at radius 2 is 2.04 bits per heavy atom. The molecule has 0 spiro atoms. The second kappa shape index (κ2) is 8.19. The van der Waals surface area contributed by atoms with Gasteiger partial charge < -0.3 is 14.6 Å². The second-order valence-electron chi connectivity index (χ2n) is 6.03. The minimum atomic E-state index is -0.339. The molecule has 2 aromatic carbocycles. The monoisotopic (exact) mass is 413 g/mol. The van der Waals surface area contributed by atoms with Crippen molar-refractivity contribution < 1.29 is 9.53 Å². The summed E-state index contributed by atoms with van der Waals surface area (Å²) in [5.41, 5.74) is 2.08. The fourth-order valence-corrected chi connectivity index (χ4v) is 3.27. The third-order valence-electron chi connectivity index (χ3n) is 4.00. The molecule has 134 valence electrons. The third kappa shape index (κ3) is 4.32. The Morgan fingerprint density at radius 1 is 1.27 bits per heavy atom. The van der Waals surface area contributed by atoms with E-state index >= 15 is 0 Å². The number of hydrogen-bond acceptors (Lipinski definition) is 3. The predicted molar refractivity (Wildman–Crippen MR) is 104 cm³/mol. The van der Waals surface area contributed by atoms with Crippen molar-refractivity contribution in [3.8, 4) is 5.75 Å². The molecule has 1 amide bonds. The van der Waals surface area contributed by atoms with E-state index in [1.807, 2.05) is 73.3 Å². The van der Waals surface area contributed by atoms with Crippen LogP contribution >= 0.6 is 15.9 Å². The molecule has 0 fully saturated rings. The van der Waals surface area contributed by atoms with Crippen LogP contribution in [-0.4, -0.2) is 22.1 Å². The first-order valence-corrected chi connectivity index (χ1v) is 9.04. The number of nitrogens with zero attached hydrogens (tertiary/aromatic N) is 2. The maximum absolute atomic E-state index is 12.5. The van der Waals surface area contributed by atoms with Crippen molar-refractivity contribution in [1.29, 1.82) is 0 Å². The predicted octanol–water partition coefficient (Wildman–Crippen LogP) is 3.78. The van der Waals surface area contributed by atoms with E-state index in [9.17, 15) is 4.79 Å². The zero-order chi connectivity index (χ0) is 18.5. The number of aromatic nitrogens is 2. The lowest BCUT2D eigenvalue weighted by Crippen LogP contribution is -2.34. The number of carbonyl (C=O) groups is 1. The number of hydrogen-bond donors (Lipinski definition) is 1. The quantitative estimate of drug-likeness (QED) is 0.668. The summed E-state index contributed by atoms with van der Waals surface area (Å²) in [6, 6.07) is 15.2. The van der Waals surface area contributed by atoms with Crippen LogP contribution in [0.4, 0.5) is 0 Å². The lowest BCUT2D eigenvalue weighted by atomic mass is 10.1. The lowest BCUT2D eigenvalue weighted by Gasteiger charge is -2.19. The molecule has 0 radical (unpaired) electrons. The first kappa shape index (κ1) is 18.2. The number of benzene rings is 2. The van der Waals surface area contributed by atoms with E-state index in [1.165, 1.54) is 0 Å². The summed E-state index contributed by atoms with van der Waals surface area (Å²) in [7, 11) is 1.91. The van der Waals surface area contributed by atoms with Crippen LogP contribution in [-0.2, 0) is 11.8 Å². The lowest BCUT2D eigenvalue weighted by molar-refractivity contribution is -0.123. The topological polar surface area (TPSA) is 56.1 Å². The van der Waals surface area contributed by atoms with E-state index in [2.05, 4.69) is 26.2 Å². The van der Waals surface area contributed by atoms with Gasteiger partial charge in [0.05, 0.1) is 4.47 Å². The van der Waals surface area contributed by atoms with Crippen molar-refractivity contribution in [2.24, 2.45) is 7.05 Å². The van der Waals surface area contributed by atoms with Gasteiger partial charge in [-0.15, -0.1) is 0 Å². The van der Waals surface area contributed by atoms with Crippen LogP contribution < -0.4 is 10.1 Å². The highest BCUT2D eigenvalue weighted by atomic mass is 79.9. The van der Waals surface area contributed by atoms with Gasteiger partial charge in [0.15, 0.2) is 6.61 Å². The van der Waals surface area contributed by atoms with Gasteiger partial charge in [0.1, 0.15) is 17.6 Å². The molecule has 0 aliphatic rings.